The minimum atomic E-state index is 0.845. The number of fused-ring (bicyclic) bond motifs is 4. The first-order valence-corrected chi connectivity index (χ1v) is 25.3. The quantitative estimate of drug-likeness (QED) is 0.135. The molecule has 0 saturated heterocycles. The smallest absolute Gasteiger partial charge is 0.0543 e. The highest BCUT2D eigenvalue weighted by molar-refractivity contribution is 5.98. The van der Waals surface area contributed by atoms with Gasteiger partial charge in [-0.3, -0.25) is 0 Å². The monoisotopic (exact) mass is 922 g/mol. The summed E-state index contributed by atoms with van der Waals surface area (Å²) in [6.45, 7) is 0. The minimum Gasteiger partial charge on any atom is -0.310 e. The molecule has 10 aromatic carbocycles. The molecule has 2 aliphatic carbocycles. The zero-order chi connectivity index (χ0) is 48.1. The molecule has 2 nitrogen and oxygen atoms in total. The first-order chi connectivity index (χ1) is 35.7. The fourth-order valence-corrected chi connectivity index (χ4v) is 10.6. The van der Waals surface area contributed by atoms with Gasteiger partial charge in [0.25, 0.3) is 0 Å². The third kappa shape index (κ3) is 9.03. The van der Waals surface area contributed by atoms with E-state index in [2.05, 4.69) is 289 Å². The van der Waals surface area contributed by atoms with Crippen LogP contribution in [0.25, 0.3) is 67.1 Å². The van der Waals surface area contributed by atoms with Gasteiger partial charge in [0.1, 0.15) is 0 Å². The van der Waals surface area contributed by atoms with Crippen LogP contribution < -0.4 is 9.80 Å². The number of benzene rings is 10. The van der Waals surface area contributed by atoms with Crippen LogP contribution in [0.5, 0.6) is 0 Å². The number of para-hydroxylation sites is 2. The Kier molecular flexibility index (Phi) is 12.4. The largest absolute Gasteiger partial charge is 0.310 e. The molecule has 12 rings (SSSR count). The van der Waals surface area contributed by atoms with E-state index in [4.69, 9.17) is 0 Å². The highest BCUT2D eigenvalue weighted by Crippen LogP contribution is 2.44. The second-order valence-corrected chi connectivity index (χ2v) is 18.7. The molecule has 0 aliphatic heterocycles. The van der Waals surface area contributed by atoms with E-state index in [1.165, 1.54) is 88.9 Å². The normalized spacial score (nSPS) is 14.6. The Balaban J connectivity index is 0.754. The summed E-state index contributed by atoms with van der Waals surface area (Å²) in [7, 11) is 0. The Morgan fingerprint density at radius 3 is 1.38 bits per heavy atom. The van der Waals surface area contributed by atoms with Gasteiger partial charge in [-0.2, -0.15) is 0 Å². The van der Waals surface area contributed by atoms with E-state index >= 15 is 0 Å². The van der Waals surface area contributed by atoms with Crippen LogP contribution in [0, 0.1) is 0 Å². The summed E-state index contributed by atoms with van der Waals surface area (Å²) in [6, 6.07) is 86.4. The van der Waals surface area contributed by atoms with Crippen molar-refractivity contribution >= 4 is 51.0 Å². The average molecular weight is 923 g/mol. The molecule has 0 spiro atoms. The van der Waals surface area contributed by atoms with Gasteiger partial charge in [0, 0.05) is 39.6 Å². The van der Waals surface area contributed by atoms with Crippen molar-refractivity contribution < 1.29 is 0 Å². The van der Waals surface area contributed by atoms with Crippen molar-refractivity contribution in [1.29, 1.82) is 0 Å². The Labute approximate surface area is 424 Å². The van der Waals surface area contributed by atoms with Crippen LogP contribution in [0.3, 0.4) is 0 Å². The van der Waals surface area contributed by atoms with E-state index in [0.29, 0.717) is 0 Å². The minimum absolute atomic E-state index is 0.845. The molecule has 2 heteroatoms. The lowest BCUT2D eigenvalue weighted by atomic mass is 9.89. The maximum Gasteiger partial charge on any atom is 0.0543 e. The van der Waals surface area contributed by atoms with E-state index in [-0.39, 0.29) is 0 Å². The van der Waals surface area contributed by atoms with Gasteiger partial charge in [-0.25, -0.2) is 0 Å². The van der Waals surface area contributed by atoms with Crippen LogP contribution in [0.2, 0.25) is 0 Å². The SMILES string of the molecule is C1=Cc2c(N(c3ccccc3)c3ccc(-c4ccc(-c5ccc(-c6ccc(-c7ccc(N(/C8=C/C/C=C\C=C/Cc9ccccc98)c8ccccc8)cc7)cc6)cc5)cc4)cc3)cc3ccccc3c2CC1. The van der Waals surface area contributed by atoms with Gasteiger partial charge in [0.15, 0.2) is 0 Å². The predicted molar refractivity (Wildman–Crippen MR) is 307 cm³/mol. The Morgan fingerprint density at radius 1 is 0.361 bits per heavy atom. The second kappa shape index (κ2) is 20.2. The van der Waals surface area contributed by atoms with E-state index in [1.54, 1.807) is 0 Å². The van der Waals surface area contributed by atoms with Crippen LogP contribution in [0.15, 0.2) is 273 Å². The maximum absolute atomic E-state index is 2.42. The molecular formula is C70H54N2. The van der Waals surface area contributed by atoms with Gasteiger partial charge in [-0.1, -0.05) is 225 Å². The number of hydrogen-bond donors (Lipinski definition) is 0. The van der Waals surface area contributed by atoms with Crippen molar-refractivity contribution in [2.75, 3.05) is 9.80 Å². The molecule has 0 heterocycles. The zero-order valence-electron chi connectivity index (χ0n) is 40.3. The molecule has 2 aliphatic rings. The van der Waals surface area contributed by atoms with Crippen molar-refractivity contribution in [1.82, 2.24) is 0 Å². The molecule has 10 aromatic rings. The summed E-state index contributed by atoms with van der Waals surface area (Å²) < 4.78 is 0. The van der Waals surface area contributed by atoms with E-state index in [0.717, 1.165) is 48.4 Å². The third-order valence-electron chi connectivity index (χ3n) is 14.2. The van der Waals surface area contributed by atoms with Crippen LogP contribution in [0.4, 0.5) is 28.4 Å². The van der Waals surface area contributed by atoms with Crippen LogP contribution in [0.1, 0.15) is 35.1 Å². The van der Waals surface area contributed by atoms with Crippen molar-refractivity contribution in [3.63, 3.8) is 0 Å². The number of nitrogens with zero attached hydrogens (tertiary/aromatic N) is 2. The summed E-state index contributed by atoms with van der Waals surface area (Å²) in [4.78, 5) is 4.82. The molecule has 0 amide bonds. The molecule has 0 aromatic heterocycles. The first kappa shape index (κ1) is 44.2. The maximum atomic E-state index is 2.42. The standard InChI is InChI=1S/C70H54N2/c1-2-6-18-59-19-12-15-26-66(59)69(29-11-3-1)71(61-21-7-4-8-22-61)63-46-42-57(43-47-63)55-38-34-53(35-39-55)51-30-32-52(33-31-51)54-36-40-56(41-37-54)58-44-48-64(49-45-58)72(62-23-9-5-10-24-62)70-50-60-20-13-14-25-65(60)67-27-16-17-28-68(67)70/h1-10,12-15,17,19-26,28-50H,11,16,18,27H2/b3-1-,6-2-,69-29+. The van der Waals surface area contributed by atoms with Gasteiger partial charge in [-0.05, 0) is 147 Å². The summed E-state index contributed by atoms with van der Waals surface area (Å²) in [6.07, 6.45) is 19.6. The molecule has 72 heavy (non-hydrogen) atoms. The van der Waals surface area contributed by atoms with Crippen molar-refractivity contribution in [2.24, 2.45) is 0 Å². The van der Waals surface area contributed by atoms with E-state index in [1.807, 2.05) is 0 Å². The molecule has 0 radical (unpaired) electrons. The van der Waals surface area contributed by atoms with E-state index < -0.39 is 0 Å². The molecular weight excluding hydrogens is 869 g/mol. The van der Waals surface area contributed by atoms with E-state index in [9.17, 15) is 0 Å². The highest BCUT2D eigenvalue weighted by atomic mass is 15.2. The van der Waals surface area contributed by atoms with Gasteiger partial charge >= 0.3 is 0 Å². The lowest BCUT2D eigenvalue weighted by Gasteiger charge is -2.30. The number of anilines is 5. The molecule has 0 unspecified atom stereocenters. The Morgan fingerprint density at radius 2 is 0.806 bits per heavy atom. The number of hydrogen-bond acceptors (Lipinski definition) is 2. The predicted octanol–water partition coefficient (Wildman–Crippen LogP) is 19.2. The Hall–Kier alpha value is -8.98. The van der Waals surface area contributed by atoms with Gasteiger partial charge in [0.05, 0.1) is 5.69 Å². The fourth-order valence-electron chi connectivity index (χ4n) is 10.6. The summed E-state index contributed by atoms with van der Waals surface area (Å²) in [5.41, 5.74) is 21.8. The number of aryl methyl sites for hydroxylation is 1. The molecule has 0 saturated carbocycles. The summed E-state index contributed by atoms with van der Waals surface area (Å²) in [5.74, 6) is 0. The second-order valence-electron chi connectivity index (χ2n) is 18.7. The van der Waals surface area contributed by atoms with Crippen molar-refractivity contribution in [2.45, 2.75) is 25.7 Å². The van der Waals surface area contributed by atoms with Crippen molar-refractivity contribution in [3.05, 3.63) is 295 Å². The molecule has 344 valence electrons. The highest BCUT2D eigenvalue weighted by Gasteiger charge is 2.22. The number of allylic oxidation sites excluding steroid dienone is 6. The van der Waals surface area contributed by atoms with Crippen molar-refractivity contribution in [3.8, 4) is 44.5 Å². The van der Waals surface area contributed by atoms with Gasteiger partial charge < -0.3 is 9.80 Å². The molecule has 0 N–H and O–H groups in total. The van der Waals surface area contributed by atoms with Crippen LogP contribution in [-0.2, 0) is 12.8 Å². The lowest BCUT2D eigenvalue weighted by molar-refractivity contribution is 0.995. The van der Waals surface area contributed by atoms with Crippen LogP contribution in [-0.4, -0.2) is 0 Å². The molecule has 0 atom stereocenters. The summed E-state index contributed by atoms with van der Waals surface area (Å²) in [5, 5.41) is 2.63. The fraction of sp³-hybridized carbons (Fsp3) is 0.0571. The topological polar surface area (TPSA) is 6.48 Å². The first-order valence-electron chi connectivity index (χ1n) is 25.3. The third-order valence-corrected chi connectivity index (χ3v) is 14.2. The average Bonchev–Trinajstić information content (AvgIpc) is 3.46. The van der Waals surface area contributed by atoms with Gasteiger partial charge in [0.2, 0.25) is 0 Å². The zero-order valence-corrected chi connectivity index (χ0v) is 40.3. The molecule has 0 bridgehead atoms. The Bertz CT molecular complexity index is 3620. The van der Waals surface area contributed by atoms with Crippen LogP contribution >= 0.6 is 0 Å². The lowest BCUT2D eigenvalue weighted by Crippen LogP contribution is -2.16. The number of rotatable bonds is 10. The molecule has 0 fully saturated rings. The summed E-state index contributed by atoms with van der Waals surface area (Å²) >= 11 is 0. The van der Waals surface area contributed by atoms with Gasteiger partial charge in [-0.15, -0.1) is 0 Å².